The Bertz CT molecular complexity index is 1280. The van der Waals surface area contributed by atoms with Crippen molar-refractivity contribution >= 4 is 17.5 Å². The number of nitrogens with one attached hydrogen (secondary N) is 1. The lowest BCUT2D eigenvalue weighted by atomic mass is 10.1. The number of amides is 1. The van der Waals surface area contributed by atoms with E-state index < -0.39 is 59.8 Å². The highest BCUT2D eigenvalue weighted by molar-refractivity contribution is 6.31. The Morgan fingerprint density at radius 1 is 1.15 bits per heavy atom. The molecule has 0 aliphatic rings. The summed E-state index contributed by atoms with van der Waals surface area (Å²) < 4.78 is 47.7. The number of ether oxygens (including phenoxy) is 1. The summed E-state index contributed by atoms with van der Waals surface area (Å²) in [5.74, 6) is -3.60. The fourth-order valence-corrected chi connectivity index (χ4v) is 3.17. The van der Waals surface area contributed by atoms with Crippen molar-refractivity contribution in [3.05, 3.63) is 86.2 Å². The molecule has 3 rings (SSSR count). The third-order valence-corrected chi connectivity index (χ3v) is 5.09. The summed E-state index contributed by atoms with van der Waals surface area (Å²) >= 11 is 6.08. The molecule has 1 aromatic heterocycles. The molecule has 0 unspecified atom stereocenters. The van der Waals surface area contributed by atoms with Crippen LogP contribution in [0.3, 0.4) is 0 Å². The molecule has 0 aliphatic carbocycles. The Kier molecular flexibility index (Phi) is 7.92. The van der Waals surface area contributed by atoms with E-state index in [4.69, 9.17) is 26.6 Å². The molecule has 180 valence electrons. The predicted molar refractivity (Wildman–Crippen MR) is 116 cm³/mol. The van der Waals surface area contributed by atoms with Crippen LogP contribution >= 0.6 is 11.6 Å². The molecule has 0 atom stereocenters. The molecular formula is C22H19ClF3N3O5. The number of aromatic nitrogens is 2. The molecule has 0 saturated heterocycles. The second-order valence-electron chi connectivity index (χ2n) is 7.14. The van der Waals surface area contributed by atoms with Gasteiger partial charge in [-0.1, -0.05) is 11.6 Å². The van der Waals surface area contributed by atoms with Crippen molar-refractivity contribution in [3.8, 4) is 11.6 Å². The van der Waals surface area contributed by atoms with Crippen molar-refractivity contribution in [2.75, 3.05) is 13.2 Å². The van der Waals surface area contributed by atoms with Gasteiger partial charge >= 0.3 is 0 Å². The van der Waals surface area contributed by atoms with E-state index in [1.54, 1.807) is 0 Å². The molecule has 2 aromatic carbocycles. The van der Waals surface area contributed by atoms with Crippen molar-refractivity contribution in [1.29, 1.82) is 0 Å². The lowest BCUT2D eigenvalue weighted by Gasteiger charge is -2.16. The van der Waals surface area contributed by atoms with Crippen molar-refractivity contribution in [2.24, 2.45) is 0 Å². The van der Waals surface area contributed by atoms with E-state index in [2.05, 4.69) is 10.3 Å². The monoisotopic (exact) mass is 497 g/mol. The van der Waals surface area contributed by atoms with Crippen LogP contribution < -0.4 is 15.6 Å². The zero-order valence-corrected chi connectivity index (χ0v) is 18.4. The summed E-state index contributed by atoms with van der Waals surface area (Å²) in [7, 11) is 0. The van der Waals surface area contributed by atoms with Gasteiger partial charge in [-0.05, 0) is 37.3 Å². The summed E-state index contributed by atoms with van der Waals surface area (Å²) in [6, 6.07) is 5.14. The Hall–Kier alpha value is -3.41. The van der Waals surface area contributed by atoms with E-state index in [1.165, 1.54) is 6.92 Å². The van der Waals surface area contributed by atoms with E-state index >= 15 is 0 Å². The van der Waals surface area contributed by atoms with E-state index in [1.807, 2.05) is 0 Å². The van der Waals surface area contributed by atoms with Crippen LogP contribution in [0.1, 0.15) is 21.7 Å². The first kappa shape index (κ1) is 25.2. The molecular weight excluding hydrogens is 479 g/mol. The number of nitrogens with zero attached hydrogens (tertiary/aromatic N) is 2. The van der Waals surface area contributed by atoms with Gasteiger partial charge in [-0.2, -0.15) is 4.98 Å². The van der Waals surface area contributed by atoms with Gasteiger partial charge in [0.15, 0.2) is 5.02 Å². The van der Waals surface area contributed by atoms with Gasteiger partial charge < -0.3 is 20.3 Å². The van der Waals surface area contributed by atoms with Gasteiger partial charge in [0.1, 0.15) is 29.9 Å². The Balaban J connectivity index is 1.94. The fourth-order valence-electron chi connectivity index (χ4n) is 2.99. The third kappa shape index (κ3) is 5.38. The SMILES string of the molecule is Cc1nc(OCc2ccc(F)cc2F)c(Cl)c(=O)n1-c1cc(C(=O)NC(CO)CO)ccc1F. The molecule has 3 N–H and O–H groups in total. The molecule has 8 nitrogen and oxygen atoms in total. The molecule has 12 heteroatoms. The van der Waals surface area contributed by atoms with Crippen LogP contribution in [0.25, 0.3) is 5.69 Å². The van der Waals surface area contributed by atoms with Crippen molar-refractivity contribution in [1.82, 2.24) is 14.9 Å². The second kappa shape index (κ2) is 10.7. The number of benzene rings is 2. The van der Waals surface area contributed by atoms with Crippen LogP contribution in [0.2, 0.25) is 5.02 Å². The summed E-state index contributed by atoms with van der Waals surface area (Å²) in [4.78, 5) is 29.3. The predicted octanol–water partition coefficient (Wildman–Crippen LogP) is 2.27. The zero-order valence-electron chi connectivity index (χ0n) is 17.7. The molecule has 0 bridgehead atoms. The Morgan fingerprint density at radius 3 is 2.50 bits per heavy atom. The molecule has 0 spiro atoms. The third-order valence-electron chi connectivity index (χ3n) is 4.77. The van der Waals surface area contributed by atoms with E-state index in [0.29, 0.717) is 6.07 Å². The molecule has 0 radical (unpaired) electrons. The molecule has 1 amide bonds. The number of hydrogen-bond acceptors (Lipinski definition) is 6. The summed E-state index contributed by atoms with van der Waals surface area (Å²) in [5.41, 5.74) is -1.30. The standard InChI is InChI=1S/C22H19ClF3N3O5/c1-11-27-21(34-10-13-2-4-14(24)7-17(13)26)19(23)22(33)29(11)18-6-12(3-5-16(18)25)20(32)28-15(8-30)9-31/h2-7,15,30-31H,8-10H2,1H3,(H,28,32). The topological polar surface area (TPSA) is 114 Å². The maximum absolute atomic E-state index is 14.6. The van der Waals surface area contributed by atoms with Crippen LogP contribution in [0.4, 0.5) is 13.2 Å². The van der Waals surface area contributed by atoms with Crippen LogP contribution in [0.15, 0.2) is 41.2 Å². The number of aryl methyl sites for hydroxylation is 1. The van der Waals surface area contributed by atoms with Crippen molar-refractivity contribution < 1.29 is 32.9 Å². The Morgan fingerprint density at radius 2 is 1.85 bits per heavy atom. The zero-order chi connectivity index (χ0) is 25.0. The first-order chi connectivity index (χ1) is 16.2. The summed E-state index contributed by atoms with van der Waals surface area (Å²) in [6.07, 6.45) is 0. The average molecular weight is 498 g/mol. The first-order valence-corrected chi connectivity index (χ1v) is 10.2. The Labute approximate surface area is 196 Å². The highest BCUT2D eigenvalue weighted by Crippen LogP contribution is 2.23. The second-order valence-corrected chi connectivity index (χ2v) is 7.52. The largest absolute Gasteiger partial charge is 0.471 e. The summed E-state index contributed by atoms with van der Waals surface area (Å²) in [5, 5.41) is 20.1. The minimum Gasteiger partial charge on any atom is -0.471 e. The molecule has 0 fully saturated rings. The van der Waals surface area contributed by atoms with E-state index in [9.17, 15) is 22.8 Å². The van der Waals surface area contributed by atoms with Gasteiger partial charge in [0.25, 0.3) is 11.5 Å². The number of carbonyl (C=O) groups excluding carboxylic acids is 1. The smallest absolute Gasteiger partial charge is 0.280 e. The highest BCUT2D eigenvalue weighted by Gasteiger charge is 2.20. The van der Waals surface area contributed by atoms with Crippen LogP contribution in [-0.2, 0) is 6.61 Å². The maximum Gasteiger partial charge on any atom is 0.280 e. The lowest BCUT2D eigenvalue weighted by Crippen LogP contribution is -2.40. The average Bonchev–Trinajstić information content (AvgIpc) is 2.80. The number of aliphatic hydroxyl groups is 2. The van der Waals surface area contributed by atoms with Crippen LogP contribution in [0.5, 0.6) is 5.88 Å². The number of rotatable bonds is 8. The van der Waals surface area contributed by atoms with Gasteiger partial charge in [0.05, 0.1) is 24.9 Å². The fraction of sp³-hybridized carbons (Fsp3) is 0.227. The maximum atomic E-state index is 14.6. The number of aliphatic hydroxyl groups excluding tert-OH is 2. The minimum atomic E-state index is -0.927. The lowest BCUT2D eigenvalue weighted by molar-refractivity contribution is 0.0879. The minimum absolute atomic E-state index is 0.00470. The van der Waals surface area contributed by atoms with Crippen LogP contribution in [-0.4, -0.2) is 44.9 Å². The summed E-state index contributed by atoms with van der Waals surface area (Å²) in [6.45, 7) is -0.0687. The molecule has 3 aromatic rings. The number of halogens is 4. The first-order valence-electron chi connectivity index (χ1n) is 9.84. The van der Waals surface area contributed by atoms with Gasteiger partial charge in [-0.3, -0.25) is 14.2 Å². The van der Waals surface area contributed by atoms with Crippen molar-refractivity contribution in [3.63, 3.8) is 0 Å². The van der Waals surface area contributed by atoms with Gasteiger partial charge in [0, 0.05) is 17.2 Å². The number of hydrogen-bond donors (Lipinski definition) is 3. The quantitative estimate of drug-likeness (QED) is 0.440. The van der Waals surface area contributed by atoms with E-state index in [0.717, 1.165) is 34.9 Å². The molecule has 34 heavy (non-hydrogen) atoms. The van der Waals surface area contributed by atoms with Crippen molar-refractivity contribution in [2.45, 2.75) is 19.6 Å². The highest BCUT2D eigenvalue weighted by atomic mass is 35.5. The van der Waals surface area contributed by atoms with Gasteiger partial charge in [-0.15, -0.1) is 0 Å². The molecule has 0 saturated carbocycles. The molecule has 0 aliphatic heterocycles. The van der Waals surface area contributed by atoms with Crippen LogP contribution in [0, 0.1) is 24.4 Å². The van der Waals surface area contributed by atoms with Gasteiger partial charge in [0.2, 0.25) is 5.88 Å². The molecule has 1 heterocycles. The van der Waals surface area contributed by atoms with E-state index in [-0.39, 0.29) is 28.5 Å². The normalized spacial score (nSPS) is 11.1. The number of carbonyl (C=O) groups is 1. The van der Waals surface area contributed by atoms with Gasteiger partial charge in [-0.25, -0.2) is 13.2 Å².